The van der Waals surface area contributed by atoms with Gasteiger partial charge in [-0.2, -0.15) is 0 Å². The SMILES string of the molecule is COc1ccc2nc(N3C(=O)C(=O)C(=C(O)c4ccncc4)C3c3cccc(Br)c3)sc2c1. The third-order valence-corrected chi connectivity index (χ3v) is 6.86. The van der Waals surface area contributed by atoms with Crippen LogP contribution in [-0.4, -0.2) is 33.9 Å². The van der Waals surface area contributed by atoms with E-state index in [4.69, 9.17) is 4.74 Å². The Morgan fingerprint density at radius 3 is 2.64 bits per heavy atom. The number of pyridine rings is 1. The lowest BCUT2D eigenvalue weighted by molar-refractivity contribution is -0.132. The van der Waals surface area contributed by atoms with Gasteiger partial charge in [-0.3, -0.25) is 19.5 Å². The van der Waals surface area contributed by atoms with E-state index in [-0.39, 0.29) is 11.3 Å². The number of amides is 1. The fraction of sp³-hybridized carbons (Fsp3) is 0.0833. The molecule has 4 aromatic rings. The van der Waals surface area contributed by atoms with Crippen molar-refractivity contribution >= 4 is 60.1 Å². The van der Waals surface area contributed by atoms with Gasteiger partial charge in [-0.05, 0) is 48.0 Å². The number of thiazole rings is 1. The Bertz CT molecular complexity index is 1430. The second-order valence-electron chi connectivity index (χ2n) is 7.29. The Morgan fingerprint density at radius 1 is 1.12 bits per heavy atom. The number of ether oxygens (including phenoxy) is 1. The van der Waals surface area contributed by atoms with Crippen molar-refractivity contribution in [1.29, 1.82) is 0 Å². The average molecular weight is 522 g/mol. The van der Waals surface area contributed by atoms with Gasteiger partial charge in [0.15, 0.2) is 5.13 Å². The predicted octanol–water partition coefficient (Wildman–Crippen LogP) is 5.09. The summed E-state index contributed by atoms with van der Waals surface area (Å²) in [6.07, 6.45) is 3.03. The van der Waals surface area contributed by atoms with E-state index < -0.39 is 17.7 Å². The molecular weight excluding hydrogens is 506 g/mol. The summed E-state index contributed by atoms with van der Waals surface area (Å²) in [4.78, 5) is 36.4. The number of hydrogen-bond acceptors (Lipinski definition) is 7. The van der Waals surface area contributed by atoms with E-state index in [1.807, 2.05) is 30.3 Å². The van der Waals surface area contributed by atoms with Gasteiger partial charge in [-0.15, -0.1) is 0 Å². The number of carbonyl (C=O) groups is 2. The number of nitrogens with zero attached hydrogens (tertiary/aromatic N) is 3. The van der Waals surface area contributed by atoms with Crippen LogP contribution in [0.25, 0.3) is 16.0 Å². The van der Waals surface area contributed by atoms with E-state index in [2.05, 4.69) is 25.9 Å². The molecule has 0 aliphatic carbocycles. The maximum Gasteiger partial charge on any atom is 0.301 e. The highest BCUT2D eigenvalue weighted by Crippen LogP contribution is 2.44. The number of halogens is 1. The van der Waals surface area contributed by atoms with Gasteiger partial charge in [-0.25, -0.2) is 4.98 Å². The summed E-state index contributed by atoms with van der Waals surface area (Å²) < 4.78 is 6.88. The first kappa shape index (κ1) is 21.3. The third kappa shape index (κ3) is 3.69. The van der Waals surface area contributed by atoms with Crippen LogP contribution in [0.3, 0.4) is 0 Å². The van der Waals surface area contributed by atoms with Gasteiger partial charge in [0.05, 0.1) is 28.9 Å². The Morgan fingerprint density at radius 2 is 1.91 bits per heavy atom. The maximum atomic E-state index is 13.3. The summed E-state index contributed by atoms with van der Waals surface area (Å²) in [6.45, 7) is 0. The summed E-state index contributed by atoms with van der Waals surface area (Å²) >= 11 is 4.74. The first-order valence-corrected chi connectivity index (χ1v) is 11.5. The van der Waals surface area contributed by atoms with Gasteiger partial charge in [0, 0.05) is 22.4 Å². The van der Waals surface area contributed by atoms with Gasteiger partial charge in [0.1, 0.15) is 11.5 Å². The van der Waals surface area contributed by atoms with Crippen molar-refractivity contribution < 1.29 is 19.4 Å². The van der Waals surface area contributed by atoms with E-state index in [0.717, 1.165) is 9.17 Å². The number of anilines is 1. The minimum absolute atomic E-state index is 0.00105. The largest absolute Gasteiger partial charge is 0.507 e. The monoisotopic (exact) mass is 521 g/mol. The van der Waals surface area contributed by atoms with Crippen LogP contribution in [0.15, 0.2) is 77.0 Å². The third-order valence-electron chi connectivity index (χ3n) is 5.35. The van der Waals surface area contributed by atoms with Gasteiger partial charge < -0.3 is 9.84 Å². The fourth-order valence-electron chi connectivity index (χ4n) is 3.81. The Hall–Kier alpha value is -3.56. The van der Waals surface area contributed by atoms with Crippen molar-refractivity contribution in [2.75, 3.05) is 12.0 Å². The zero-order valence-electron chi connectivity index (χ0n) is 17.2. The molecule has 5 rings (SSSR count). The molecule has 0 radical (unpaired) electrons. The van der Waals surface area contributed by atoms with E-state index in [1.54, 1.807) is 31.4 Å². The van der Waals surface area contributed by atoms with Crippen molar-refractivity contribution in [3.63, 3.8) is 0 Å². The van der Waals surface area contributed by atoms with Crippen LogP contribution in [0.4, 0.5) is 5.13 Å². The Balaban J connectivity index is 1.73. The molecule has 3 heterocycles. The first-order valence-electron chi connectivity index (χ1n) is 9.89. The molecule has 1 aliphatic rings. The lowest BCUT2D eigenvalue weighted by atomic mass is 9.96. The number of methoxy groups -OCH3 is 1. The molecule has 2 aromatic carbocycles. The summed E-state index contributed by atoms with van der Waals surface area (Å²) in [5.74, 6) is -1.11. The van der Waals surface area contributed by atoms with E-state index >= 15 is 0 Å². The number of aromatic nitrogens is 2. The molecule has 2 aromatic heterocycles. The molecule has 0 saturated carbocycles. The van der Waals surface area contributed by atoms with Crippen molar-refractivity contribution in [2.45, 2.75) is 6.04 Å². The van der Waals surface area contributed by atoms with Crippen LogP contribution in [0.5, 0.6) is 5.75 Å². The molecule has 0 bridgehead atoms. The molecule has 1 unspecified atom stereocenters. The van der Waals surface area contributed by atoms with E-state index in [0.29, 0.717) is 27.5 Å². The minimum Gasteiger partial charge on any atom is -0.507 e. The number of ketones is 1. The number of carbonyl (C=O) groups excluding carboxylic acids is 2. The Labute approximate surface area is 201 Å². The zero-order valence-corrected chi connectivity index (χ0v) is 19.6. The van der Waals surface area contributed by atoms with Crippen LogP contribution in [0.1, 0.15) is 17.2 Å². The lowest BCUT2D eigenvalue weighted by Crippen LogP contribution is -2.29. The van der Waals surface area contributed by atoms with Gasteiger partial charge in [-0.1, -0.05) is 39.4 Å². The molecule has 0 spiro atoms. The number of aliphatic hydroxyl groups is 1. The van der Waals surface area contributed by atoms with Crippen molar-refractivity contribution in [1.82, 2.24) is 9.97 Å². The Kier molecular flexibility index (Phi) is 5.43. The topological polar surface area (TPSA) is 92.6 Å². The van der Waals surface area contributed by atoms with Crippen LogP contribution in [0, 0.1) is 0 Å². The molecule has 1 saturated heterocycles. The maximum absolute atomic E-state index is 13.3. The predicted molar refractivity (Wildman–Crippen MR) is 129 cm³/mol. The second-order valence-corrected chi connectivity index (χ2v) is 9.21. The van der Waals surface area contributed by atoms with Crippen molar-refractivity contribution in [3.05, 3.63) is 88.2 Å². The molecule has 164 valence electrons. The molecule has 33 heavy (non-hydrogen) atoms. The lowest BCUT2D eigenvalue weighted by Gasteiger charge is -2.23. The molecule has 9 heteroatoms. The average Bonchev–Trinajstić information content (AvgIpc) is 3.37. The van der Waals surface area contributed by atoms with Crippen LogP contribution < -0.4 is 9.64 Å². The number of hydrogen-bond donors (Lipinski definition) is 1. The van der Waals surface area contributed by atoms with Crippen LogP contribution >= 0.6 is 27.3 Å². The van der Waals surface area contributed by atoms with Gasteiger partial charge >= 0.3 is 5.91 Å². The highest BCUT2D eigenvalue weighted by molar-refractivity contribution is 9.10. The number of fused-ring (bicyclic) bond motifs is 1. The smallest absolute Gasteiger partial charge is 0.301 e. The highest BCUT2D eigenvalue weighted by Gasteiger charge is 2.48. The van der Waals surface area contributed by atoms with Crippen molar-refractivity contribution in [3.8, 4) is 5.75 Å². The van der Waals surface area contributed by atoms with Crippen molar-refractivity contribution in [2.24, 2.45) is 0 Å². The summed E-state index contributed by atoms with van der Waals surface area (Å²) in [5.41, 5.74) is 1.74. The standard InChI is InChI=1S/C24H16BrN3O4S/c1-32-16-5-6-17-18(12-16)33-24(27-17)28-20(14-3-2-4-15(25)11-14)19(22(30)23(28)31)21(29)13-7-9-26-10-8-13/h2-12,20,29H,1H3. The minimum atomic E-state index is -0.849. The summed E-state index contributed by atoms with van der Waals surface area (Å²) in [6, 6.07) is 15.0. The molecular formula is C24H16BrN3O4S. The number of rotatable bonds is 4. The molecule has 1 N–H and O–H groups in total. The summed E-state index contributed by atoms with van der Waals surface area (Å²) in [5, 5.41) is 11.4. The van der Waals surface area contributed by atoms with E-state index in [1.165, 1.54) is 28.6 Å². The summed E-state index contributed by atoms with van der Waals surface area (Å²) in [7, 11) is 1.58. The fourth-order valence-corrected chi connectivity index (χ4v) is 5.25. The van der Waals surface area contributed by atoms with Gasteiger partial charge in [0.2, 0.25) is 0 Å². The number of aliphatic hydroxyl groups excluding tert-OH is 1. The zero-order chi connectivity index (χ0) is 23.1. The van der Waals surface area contributed by atoms with Crippen LogP contribution in [-0.2, 0) is 9.59 Å². The quantitative estimate of drug-likeness (QED) is 0.228. The normalized spacial score (nSPS) is 17.6. The number of benzene rings is 2. The molecule has 1 atom stereocenters. The number of Topliss-reactive ketones (excluding diaryl/α,β-unsaturated/α-hetero) is 1. The van der Waals surface area contributed by atoms with Crippen LogP contribution in [0.2, 0.25) is 0 Å². The molecule has 1 aliphatic heterocycles. The van der Waals surface area contributed by atoms with E-state index in [9.17, 15) is 14.7 Å². The first-order chi connectivity index (χ1) is 16.0. The highest BCUT2D eigenvalue weighted by atomic mass is 79.9. The van der Waals surface area contributed by atoms with Gasteiger partial charge in [0.25, 0.3) is 5.78 Å². The molecule has 7 nitrogen and oxygen atoms in total. The molecule has 1 fully saturated rings. The molecule has 1 amide bonds. The second kappa shape index (κ2) is 8.42.